The summed E-state index contributed by atoms with van der Waals surface area (Å²) in [6, 6.07) is 24.1. The summed E-state index contributed by atoms with van der Waals surface area (Å²) in [5.41, 5.74) is 2.01. The molecule has 3 heteroatoms. The molecule has 0 aromatic heterocycles. The third kappa shape index (κ3) is 4.10. The number of anilines is 1. The van der Waals surface area contributed by atoms with E-state index in [2.05, 4.69) is 41.0 Å². The van der Waals surface area contributed by atoms with Crippen LogP contribution in [0.15, 0.2) is 72.8 Å². The maximum absolute atomic E-state index is 12.0. The van der Waals surface area contributed by atoms with E-state index in [9.17, 15) is 4.79 Å². The van der Waals surface area contributed by atoms with Crippen molar-refractivity contribution in [3.8, 4) is 0 Å². The van der Waals surface area contributed by atoms with Gasteiger partial charge in [0, 0.05) is 11.7 Å². The molecule has 0 heterocycles. The Bertz CT molecular complexity index is 799. The topological polar surface area (TPSA) is 41.1 Å². The number of carbonyl (C=O) groups excluding carboxylic acids is 1. The van der Waals surface area contributed by atoms with E-state index in [1.54, 1.807) is 0 Å². The van der Waals surface area contributed by atoms with Gasteiger partial charge in [-0.1, -0.05) is 60.7 Å². The molecule has 0 saturated heterocycles. The van der Waals surface area contributed by atoms with Crippen molar-refractivity contribution >= 4 is 22.5 Å². The Hall–Kier alpha value is -2.81. The van der Waals surface area contributed by atoms with Gasteiger partial charge in [-0.25, -0.2) is 4.79 Å². The van der Waals surface area contributed by atoms with Gasteiger partial charge in [-0.2, -0.15) is 0 Å². The van der Waals surface area contributed by atoms with Gasteiger partial charge in [0.05, 0.1) is 0 Å². The molecule has 0 aliphatic rings. The monoisotopic (exact) mass is 304 g/mol. The van der Waals surface area contributed by atoms with Crippen molar-refractivity contribution in [3.63, 3.8) is 0 Å². The quantitative estimate of drug-likeness (QED) is 0.727. The van der Waals surface area contributed by atoms with Gasteiger partial charge in [0.25, 0.3) is 0 Å². The van der Waals surface area contributed by atoms with Gasteiger partial charge in [0.2, 0.25) is 0 Å². The van der Waals surface area contributed by atoms with Crippen molar-refractivity contribution in [3.05, 3.63) is 78.4 Å². The maximum Gasteiger partial charge on any atom is 0.319 e. The summed E-state index contributed by atoms with van der Waals surface area (Å²) in [5.74, 6) is 0. The fraction of sp³-hybridized carbons (Fsp3) is 0.150. The van der Waals surface area contributed by atoms with Crippen LogP contribution in [0.5, 0.6) is 0 Å². The van der Waals surface area contributed by atoms with Crippen molar-refractivity contribution in [1.82, 2.24) is 5.32 Å². The highest BCUT2D eigenvalue weighted by atomic mass is 16.2. The lowest BCUT2D eigenvalue weighted by Gasteiger charge is -2.15. The number of para-hydroxylation sites is 1. The molecule has 0 bridgehead atoms. The predicted molar refractivity (Wildman–Crippen MR) is 95.7 cm³/mol. The Kier molecular flexibility index (Phi) is 4.57. The first-order chi connectivity index (χ1) is 11.2. The molecule has 3 nitrogen and oxygen atoms in total. The van der Waals surface area contributed by atoms with Crippen LogP contribution in [-0.2, 0) is 6.42 Å². The Balaban J connectivity index is 1.59. The molecule has 1 unspecified atom stereocenters. The fourth-order valence-electron chi connectivity index (χ4n) is 2.68. The summed E-state index contributed by atoms with van der Waals surface area (Å²) in [6.45, 7) is 2.01. The van der Waals surface area contributed by atoms with E-state index < -0.39 is 0 Å². The highest BCUT2D eigenvalue weighted by Crippen LogP contribution is 2.16. The first-order valence-corrected chi connectivity index (χ1v) is 7.81. The van der Waals surface area contributed by atoms with Gasteiger partial charge in [-0.05, 0) is 41.8 Å². The van der Waals surface area contributed by atoms with Crippen LogP contribution in [0.25, 0.3) is 10.8 Å². The summed E-state index contributed by atoms with van der Waals surface area (Å²) in [4.78, 5) is 12.0. The molecular weight excluding hydrogens is 284 g/mol. The second-order valence-electron chi connectivity index (χ2n) is 5.75. The van der Waals surface area contributed by atoms with Gasteiger partial charge in [-0.15, -0.1) is 0 Å². The van der Waals surface area contributed by atoms with E-state index in [-0.39, 0.29) is 12.1 Å². The first-order valence-electron chi connectivity index (χ1n) is 7.81. The summed E-state index contributed by atoms with van der Waals surface area (Å²) < 4.78 is 0. The number of urea groups is 1. The molecule has 0 aliphatic heterocycles. The molecule has 116 valence electrons. The fourth-order valence-corrected chi connectivity index (χ4v) is 2.68. The minimum Gasteiger partial charge on any atom is -0.335 e. The normalized spacial score (nSPS) is 11.9. The molecular formula is C20H20N2O. The van der Waals surface area contributed by atoms with Gasteiger partial charge < -0.3 is 10.6 Å². The molecule has 0 radical (unpaired) electrons. The van der Waals surface area contributed by atoms with Crippen LogP contribution in [0.4, 0.5) is 10.5 Å². The molecule has 3 aromatic carbocycles. The highest BCUT2D eigenvalue weighted by molar-refractivity contribution is 5.89. The predicted octanol–water partition coefficient (Wildman–Crippen LogP) is 4.59. The largest absolute Gasteiger partial charge is 0.335 e. The van der Waals surface area contributed by atoms with E-state index in [1.807, 2.05) is 49.4 Å². The van der Waals surface area contributed by atoms with Crippen molar-refractivity contribution in [1.29, 1.82) is 0 Å². The highest BCUT2D eigenvalue weighted by Gasteiger charge is 2.08. The third-order valence-electron chi connectivity index (χ3n) is 3.76. The second-order valence-corrected chi connectivity index (χ2v) is 5.75. The van der Waals surface area contributed by atoms with E-state index in [1.165, 1.54) is 16.3 Å². The lowest BCUT2D eigenvalue weighted by atomic mass is 10.0. The summed E-state index contributed by atoms with van der Waals surface area (Å²) in [6.07, 6.45) is 0.799. The average molecular weight is 304 g/mol. The molecule has 0 saturated carbocycles. The van der Waals surface area contributed by atoms with E-state index in [4.69, 9.17) is 0 Å². The lowest BCUT2D eigenvalue weighted by Crippen LogP contribution is -2.37. The zero-order valence-corrected chi connectivity index (χ0v) is 13.1. The number of benzene rings is 3. The zero-order chi connectivity index (χ0) is 16.1. The number of rotatable bonds is 4. The van der Waals surface area contributed by atoms with Crippen molar-refractivity contribution in [2.24, 2.45) is 0 Å². The number of amides is 2. The zero-order valence-electron chi connectivity index (χ0n) is 13.1. The second kappa shape index (κ2) is 6.97. The van der Waals surface area contributed by atoms with Crippen LogP contribution >= 0.6 is 0 Å². The van der Waals surface area contributed by atoms with Crippen LogP contribution in [-0.4, -0.2) is 12.1 Å². The standard InChI is InChI=1S/C20H20N2O/c1-15(21-20(23)22-19-9-3-2-4-10-19)13-16-11-12-17-7-5-6-8-18(17)14-16/h2-12,14-15H,13H2,1H3,(H2,21,22,23). The van der Waals surface area contributed by atoms with Gasteiger partial charge >= 0.3 is 6.03 Å². The molecule has 2 N–H and O–H groups in total. The van der Waals surface area contributed by atoms with Crippen LogP contribution in [0, 0.1) is 0 Å². The molecule has 0 fully saturated rings. The van der Waals surface area contributed by atoms with Crippen molar-refractivity contribution in [2.75, 3.05) is 5.32 Å². The Morgan fingerprint density at radius 2 is 1.61 bits per heavy atom. The minimum atomic E-state index is -0.176. The van der Waals surface area contributed by atoms with E-state index in [0.29, 0.717) is 0 Å². The van der Waals surface area contributed by atoms with Crippen LogP contribution < -0.4 is 10.6 Å². The molecule has 2 amide bonds. The molecule has 0 spiro atoms. The minimum absolute atomic E-state index is 0.0554. The van der Waals surface area contributed by atoms with Crippen LogP contribution in [0.1, 0.15) is 12.5 Å². The molecule has 0 aliphatic carbocycles. The Morgan fingerprint density at radius 1 is 0.913 bits per heavy atom. The number of nitrogens with one attached hydrogen (secondary N) is 2. The third-order valence-corrected chi connectivity index (χ3v) is 3.76. The Labute approximate surface area is 136 Å². The summed E-state index contributed by atoms with van der Waals surface area (Å²) in [5, 5.41) is 8.28. The molecule has 1 atom stereocenters. The maximum atomic E-state index is 12.0. The molecule has 3 aromatic rings. The number of hydrogen-bond donors (Lipinski definition) is 2. The van der Waals surface area contributed by atoms with Crippen molar-refractivity contribution in [2.45, 2.75) is 19.4 Å². The van der Waals surface area contributed by atoms with Crippen LogP contribution in [0.3, 0.4) is 0 Å². The molecule has 23 heavy (non-hydrogen) atoms. The van der Waals surface area contributed by atoms with Crippen LogP contribution in [0.2, 0.25) is 0 Å². The first kappa shape index (κ1) is 15.1. The van der Waals surface area contributed by atoms with Gasteiger partial charge in [0.15, 0.2) is 0 Å². The number of hydrogen-bond acceptors (Lipinski definition) is 1. The SMILES string of the molecule is CC(Cc1ccc2ccccc2c1)NC(=O)Nc1ccccc1. The van der Waals surface area contributed by atoms with E-state index >= 15 is 0 Å². The Morgan fingerprint density at radius 3 is 2.39 bits per heavy atom. The van der Waals surface area contributed by atoms with Crippen molar-refractivity contribution < 1.29 is 4.79 Å². The number of fused-ring (bicyclic) bond motifs is 1. The average Bonchev–Trinajstić information content (AvgIpc) is 2.55. The molecule has 3 rings (SSSR count). The van der Waals surface area contributed by atoms with E-state index in [0.717, 1.165) is 12.1 Å². The smallest absolute Gasteiger partial charge is 0.319 e. The van der Waals surface area contributed by atoms with Gasteiger partial charge in [0.1, 0.15) is 0 Å². The number of carbonyl (C=O) groups is 1. The summed E-state index contributed by atoms with van der Waals surface area (Å²) >= 11 is 0. The summed E-state index contributed by atoms with van der Waals surface area (Å²) in [7, 11) is 0. The lowest BCUT2D eigenvalue weighted by molar-refractivity contribution is 0.249. The van der Waals surface area contributed by atoms with Gasteiger partial charge in [-0.3, -0.25) is 0 Å².